The van der Waals surface area contributed by atoms with Crippen molar-refractivity contribution in [1.82, 2.24) is 0 Å². The summed E-state index contributed by atoms with van der Waals surface area (Å²) in [6, 6.07) is 19.4. The van der Waals surface area contributed by atoms with Crippen LogP contribution in [0.2, 0.25) is 0 Å². The van der Waals surface area contributed by atoms with Gasteiger partial charge in [0.1, 0.15) is 13.2 Å². The number of carbonyl (C=O) groups excluding carboxylic acids is 2. The second-order valence-corrected chi connectivity index (χ2v) is 6.56. The fraction of sp³-hybridized carbons (Fsp3) is 0.391. The summed E-state index contributed by atoms with van der Waals surface area (Å²) in [6.45, 7) is 0.676. The van der Waals surface area contributed by atoms with E-state index in [1.807, 2.05) is 60.7 Å². The number of hydrogen-bond donors (Lipinski definition) is 0. The van der Waals surface area contributed by atoms with Gasteiger partial charge in [-0.25, -0.2) is 0 Å². The maximum atomic E-state index is 11.7. The van der Waals surface area contributed by atoms with Gasteiger partial charge in [-0.15, -0.1) is 0 Å². The van der Waals surface area contributed by atoms with Crippen LogP contribution in [0.3, 0.4) is 0 Å². The summed E-state index contributed by atoms with van der Waals surface area (Å²) < 4.78 is 10.5. The minimum absolute atomic E-state index is 0.150. The average Bonchev–Trinajstić information content (AvgIpc) is 2.71. The highest BCUT2D eigenvalue weighted by Gasteiger charge is 2.05. The van der Waals surface area contributed by atoms with Gasteiger partial charge in [-0.2, -0.15) is 0 Å². The number of rotatable bonds is 12. The third kappa shape index (κ3) is 9.59. The fourth-order valence-corrected chi connectivity index (χ4v) is 2.69. The lowest BCUT2D eigenvalue weighted by Gasteiger charge is -2.06. The summed E-state index contributed by atoms with van der Waals surface area (Å²) in [6.07, 6.45) is 5.51. The molecule has 4 nitrogen and oxygen atoms in total. The van der Waals surface area contributed by atoms with E-state index in [1.165, 1.54) is 0 Å². The summed E-state index contributed by atoms with van der Waals surface area (Å²) in [7, 11) is 0. The predicted molar refractivity (Wildman–Crippen MR) is 105 cm³/mol. The van der Waals surface area contributed by atoms with E-state index < -0.39 is 0 Å². The first-order valence-electron chi connectivity index (χ1n) is 9.63. The highest BCUT2D eigenvalue weighted by molar-refractivity contribution is 5.69. The van der Waals surface area contributed by atoms with Crippen molar-refractivity contribution in [2.24, 2.45) is 0 Å². The molecule has 2 aromatic carbocycles. The SMILES string of the molecule is O=C(CCCCCCCC(=O)OCc1ccccc1)OCc1ccccc1. The van der Waals surface area contributed by atoms with Crippen LogP contribution in [0.4, 0.5) is 0 Å². The molecule has 2 aromatic rings. The number of hydrogen-bond acceptors (Lipinski definition) is 4. The number of carbonyl (C=O) groups is 2. The topological polar surface area (TPSA) is 52.6 Å². The number of ether oxygens (including phenoxy) is 2. The van der Waals surface area contributed by atoms with Gasteiger partial charge in [0.25, 0.3) is 0 Å². The molecule has 0 saturated carbocycles. The van der Waals surface area contributed by atoms with Crippen molar-refractivity contribution in [1.29, 1.82) is 0 Å². The summed E-state index contributed by atoms with van der Waals surface area (Å²) >= 11 is 0. The molecule has 0 amide bonds. The second kappa shape index (κ2) is 12.7. The van der Waals surface area contributed by atoms with Crippen LogP contribution in [-0.4, -0.2) is 11.9 Å². The Morgan fingerprint density at radius 1 is 0.556 bits per heavy atom. The van der Waals surface area contributed by atoms with Crippen molar-refractivity contribution in [3.8, 4) is 0 Å². The Hall–Kier alpha value is -2.62. The molecule has 4 heteroatoms. The molecule has 0 spiro atoms. The Kier molecular flexibility index (Phi) is 9.72. The van der Waals surface area contributed by atoms with E-state index in [1.54, 1.807) is 0 Å². The standard InChI is InChI=1S/C23H28O4/c24-22(26-18-20-12-6-4-7-13-20)16-10-2-1-3-11-17-23(25)27-19-21-14-8-5-9-15-21/h4-9,12-15H,1-3,10-11,16-19H2. The highest BCUT2D eigenvalue weighted by atomic mass is 16.5. The lowest BCUT2D eigenvalue weighted by atomic mass is 10.1. The molecule has 0 aliphatic carbocycles. The van der Waals surface area contributed by atoms with Gasteiger partial charge in [-0.3, -0.25) is 9.59 Å². The van der Waals surface area contributed by atoms with Gasteiger partial charge in [0, 0.05) is 12.8 Å². The lowest BCUT2D eigenvalue weighted by molar-refractivity contribution is -0.145. The van der Waals surface area contributed by atoms with E-state index in [4.69, 9.17) is 9.47 Å². The van der Waals surface area contributed by atoms with Gasteiger partial charge >= 0.3 is 11.9 Å². The molecule has 0 unspecified atom stereocenters. The molecule has 0 aliphatic heterocycles. The minimum atomic E-state index is -0.150. The smallest absolute Gasteiger partial charge is 0.306 e. The highest BCUT2D eigenvalue weighted by Crippen LogP contribution is 2.10. The van der Waals surface area contributed by atoms with Crippen molar-refractivity contribution in [3.05, 3.63) is 71.8 Å². The maximum absolute atomic E-state index is 11.7. The predicted octanol–water partition coefficient (Wildman–Crippen LogP) is 5.20. The average molecular weight is 368 g/mol. The number of esters is 2. The Morgan fingerprint density at radius 2 is 0.926 bits per heavy atom. The fourth-order valence-electron chi connectivity index (χ4n) is 2.69. The van der Waals surface area contributed by atoms with E-state index >= 15 is 0 Å². The zero-order valence-electron chi connectivity index (χ0n) is 15.8. The van der Waals surface area contributed by atoms with Crippen molar-refractivity contribution in [3.63, 3.8) is 0 Å². The van der Waals surface area contributed by atoms with Crippen molar-refractivity contribution in [2.45, 2.75) is 58.2 Å². The van der Waals surface area contributed by atoms with Crippen LogP contribution in [0.1, 0.15) is 56.1 Å². The summed E-state index contributed by atoms with van der Waals surface area (Å²) in [5, 5.41) is 0. The molecule has 0 bridgehead atoms. The van der Waals surface area contributed by atoms with Crippen LogP contribution in [-0.2, 0) is 32.3 Å². The molecular weight excluding hydrogens is 340 g/mol. The normalized spacial score (nSPS) is 10.4. The van der Waals surface area contributed by atoms with Crippen molar-refractivity contribution < 1.29 is 19.1 Å². The zero-order valence-corrected chi connectivity index (χ0v) is 15.8. The van der Waals surface area contributed by atoms with E-state index in [-0.39, 0.29) is 11.9 Å². The molecule has 0 heterocycles. The van der Waals surface area contributed by atoms with Crippen molar-refractivity contribution >= 4 is 11.9 Å². The first kappa shape index (κ1) is 20.7. The summed E-state index contributed by atoms with van der Waals surface area (Å²) in [5.41, 5.74) is 2.01. The molecule has 144 valence electrons. The van der Waals surface area contributed by atoms with E-state index in [0.717, 1.165) is 43.2 Å². The third-order valence-corrected chi connectivity index (χ3v) is 4.25. The lowest BCUT2D eigenvalue weighted by Crippen LogP contribution is -2.05. The zero-order chi connectivity index (χ0) is 19.2. The molecule has 0 aliphatic rings. The summed E-state index contributed by atoms with van der Waals surface area (Å²) in [4.78, 5) is 23.4. The minimum Gasteiger partial charge on any atom is -0.461 e. The molecular formula is C23H28O4. The van der Waals surface area contributed by atoms with Gasteiger partial charge in [0.15, 0.2) is 0 Å². The Balaban J connectivity index is 1.41. The molecule has 0 atom stereocenters. The monoisotopic (exact) mass is 368 g/mol. The van der Waals surface area contributed by atoms with Gasteiger partial charge in [-0.1, -0.05) is 79.9 Å². The van der Waals surface area contributed by atoms with Gasteiger partial charge in [0.2, 0.25) is 0 Å². The van der Waals surface area contributed by atoms with E-state index in [9.17, 15) is 9.59 Å². The van der Waals surface area contributed by atoms with Crippen LogP contribution in [0.15, 0.2) is 60.7 Å². The van der Waals surface area contributed by atoms with Gasteiger partial charge < -0.3 is 9.47 Å². The first-order chi connectivity index (χ1) is 13.2. The van der Waals surface area contributed by atoms with Gasteiger partial charge in [0.05, 0.1) is 0 Å². The molecule has 27 heavy (non-hydrogen) atoms. The quantitative estimate of drug-likeness (QED) is 0.381. The van der Waals surface area contributed by atoms with E-state index in [0.29, 0.717) is 26.1 Å². The number of unbranched alkanes of at least 4 members (excludes halogenated alkanes) is 4. The van der Waals surface area contributed by atoms with E-state index in [2.05, 4.69) is 0 Å². The number of benzene rings is 2. The van der Waals surface area contributed by atoms with Crippen LogP contribution in [0.25, 0.3) is 0 Å². The Labute approximate surface area is 161 Å². The Morgan fingerprint density at radius 3 is 1.33 bits per heavy atom. The van der Waals surface area contributed by atoms with Crippen molar-refractivity contribution in [2.75, 3.05) is 0 Å². The molecule has 0 saturated heterocycles. The molecule has 0 radical (unpaired) electrons. The maximum Gasteiger partial charge on any atom is 0.306 e. The van der Waals surface area contributed by atoms with Crippen LogP contribution in [0, 0.1) is 0 Å². The molecule has 0 N–H and O–H groups in total. The molecule has 0 aromatic heterocycles. The largest absolute Gasteiger partial charge is 0.461 e. The first-order valence-corrected chi connectivity index (χ1v) is 9.63. The molecule has 0 fully saturated rings. The van der Waals surface area contributed by atoms with Crippen LogP contribution >= 0.6 is 0 Å². The Bertz CT molecular complexity index is 608. The van der Waals surface area contributed by atoms with Crippen LogP contribution in [0.5, 0.6) is 0 Å². The van der Waals surface area contributed by atoms with Crippen LogP contribution < -0.4 is 0 Å². The van der Waals surface area contributed by atoms with Gasteiger partial charge in [-0.05, 0) is 24.0 Å². The second-order valence-electron chi connectivity index (χ2n) is 6.56. The third-order valence-electron chi connectivity index (χ3n) is 4.25. The summed E-state index contributed by atoms with van der Waals surface area (Å²) in [5.74, 6) is -0.299. The molecule has 2 rings (SSSR count).